The van der Waals surface area contributed by atoms with Crippen LogP contribution in [-0.2, 0) is 9.53 Å². The minimum Gasteiger partial charge on any atom is -0.614 e. The topological polar surface area (TPSA) is 26.3 Å². The van der Waals surface area contributed by atoms with Gasteiger partial charge in [0.05, 0.1) is 0 Å². The molecule has 3 heteroatoms. The molecule has 7 heavy (non-hydrogen) atoms. The molecule has 38 valence electrons. The Kier molecular flexibility index (Phi) is 9.20. The zero-order valence-electron chi connectivity index (χ0n) is 4.02. The zero-order chi connectivity index (χ0) is 4.99. The van der Waals surface area contributed by atoms with Crippen LogP contribution in [-0.4, -0.2) is 6.47 Å². The fourth-order valence-corrected chi connectivity index (χ4v) is 0.0711. The van der Waals surface area contributed by atoms with Crippen LogP contribution in [0.5, 0.6) is 0 Å². The maximum Gasteiger partial charge on any atom is 0.169 e. The summed E-state index contributed by atoms with van der Waals surface area (Å²) in [6.45, 7) is 6.05. The summed E-state index contributed by atoms with van der Waals surface area (Å²) in [5.41, 5.74) is 0. The van der Waals surface area contributed by atoms with Gasteiger partial charge in [-0.15, -0.1) is 6.58 Å². The van der Waals surface area contributed by atoms with Gasteiger partial charge in [0.1, 0.15) is 0 Å². The van der Waals surface area contributed by atoms with E-state index in [1.807, 2.05) is 0 Å². The van der Waals surface area contributed by atoms with Crippen LogP contribution in [0.2, 0.25) is 0 Å². The molecule has 0 unspecified atom stereocenters. The summed E-state index contributed by atoms with van der Waals surface area (Å²) in [5, 5.41) is 0. The van der Waals surface area contributed by atoms with E-state index >= 15 is 0 Å². The monoisotopic (exact) mass is 323 g/mol. The predicted octanol–water partition coefficient (Wildman–Crippen LogP) is 0.604. The first kappa shape index (κ1) is 10.3. The van der Waals surface area contributed by atoms with Crippen molar-refractivity contribution in [1.82, 2.24) is 0 Å². The molecule has 0 aromatic rings. The second-order valence-electron chi connectivity index (χ2n) is 0.887. The summed E-state index contributed by atoms with van der Waals surface area (Å²) in [4.78, 5) is 9.21. The Morgan fingerprint density at radius 2 is 2.29 bits per heavy atom. The van der Waals surface area contributed by atoms with Crippen molar-refractivity contribution >= 4 is 6.47 Å². The van der Waals surface area contributed by atoms with Crippen molar-refractivity contribution in [3.63, 3.8) is 0 Å². The standard InChI is InChI=1S/C4H5O2.U/c1-4(2)6-3-5;/h1H2,2H3;/q-1;. The van der Waals surface area contributed by atoms with Gasteiger partial charge in [-0.25, -0.2) is 0 Å². The maximum atomic E-state index is 9.21. The van der Waals surface area contributed by atoms with E-state index in [1.54, 1.807) is 6.92 Å². The largest absolute Gasteiger partial charge is 0.614 e. The van der Waals surface area contributed by atoms with E-state index in [2.05, 4.69) is 11.3 Å². The van der Waals surface area contributed by atoms with Gasteiger partial charge in [-0.1, -0.05) is 12.7 Å². The van der Waals surface area contributed by atoms with Gasteiger partial charge >= 0.3 is 0 Å². The van der Waals surface area contributed by atoms with Crippen molar-refractivity contribution in [2.24, 2.45) is 0 Å². The third-order valence-electron chi connectivity index (χ3n) is 0.216. The predicted molar refractivity (Wildman–Crippen MR) is 21.6 cm³/mol. The molecule has 0 heterocycles. The number of hydrogen-bond acceptors (Lipinski definition) is 2. The third kappa shape index (κ3) is 10.7. The summed E-state index contributed by atoms with van der Waals surface area (Å²) >= 11 is 0. The molecule has 0 aliphatic carbocycles. The van der Waals surface area contributed by atoms with Crippen molar-refractivity contribution in [2.75, 3.05) is 0 Å². The number of ether oxygens (including phenoxy) is 1. The molecule has 0 aliphatic heterocycles. The van der Waals surface area contributed by atoms with E-state index in [1.165, 1.54) is 6.47 Å². The average Bonchev–Trinajstić information content (AvgIpc) is 1.35. The van der Waals surface area contributed by atoms with Crippen molar-refractivity contribution in [3.8, 4) is 0 Å². The van der Waals surface area contributed by atoms with E-state index in [-0.39, 0.29) is 31.1 Å². The number of allylic oxidation sites excluding steroid dienone is 1. The molecule has 2 nitrogen and oxygen atoms in total. The Bertz CT molecular complexity index is 70.1. The van der Waals surface area contributed by atoms with Crippen LogP contribution in [0.3, 0.4) is 0 Å². The van der Waals surface area contributed by atoms with Gasteiger partial charge < -0.3 is 9.53 Å². The van der Waals surface area contributed by atoms with Gasteiger partial charge in [-0.3, -0.25) is 0 Å². The van der Waals surface area contributed by atoms with Crippen molar-refractivity contribution < 1.29 is 40.6 Å². The third-order valence-corrected chi connectivity index (χ3v) is 0.216. The molecule has 0 atom stereocenters. The molecular weight excluding hydrogens is 318 g/mol. The summed E-state index contributed by atoms with van der Waals surface area (Å²) in [5.74, 6) is 0.366. The van der Waals surface area contributed by atoms with E-state index < -0.39 is 0 Å². The SMILES string of the molecule is C=C(C)O[C-]=O.[U]. The molecule has 0 bridgehead atoms. The molecule has 0 aromatic heterocycles. The second-order valence-corrected chi connectivity index (χ2v) is 0.887. The summed E-state index contributed by atoms with van der Waals surface area (Å²) < 4.78 is 4.04. The fourth-order valence-electron chi connectivity index (χ4n) is 0.0711. The minimum atomic E-state index is 0. The molecular formula is C4H5O2U-. The minimum absolute atomic E-state index is 0. The number of rotatable bonds is 2. The molecule has 0 saturated carbocycles. The van der Waals surface area contributed by atoms with E-state index in [4.69, 9.17) is 0 Å². The first-order valence-electron chi connectivity index (χ1n) is 1.47. The Balaban J connectivity index is 0. The summed E-state index contributed by atoms with van der Waals surface area (Å²) in [6, 6.07) is 0. The fraction of sp³-hybridized carbons (Fsp3) is 0.250. The number of hydrogen-bond donors (Lipinski definition) is 0. The molecule has 0 amide bonds. The van der Waals surface area contributed by atoms with Gasteiger partial charge in [0, 0.05) is 31.1 Å². The normalized spacial score (nSPS) is 5.86. The zero-order valence-corrected chi connectivity index (χ0v) is 8.19. The van der Waals surface area contributed by atoms with Crippen LogP contribution in [0, 0.1) is 31.1 Å². The average molecular weight is 323 g/mol. The van der Waals surface area contributed by atoms with Crippen molar-refractivity contribution in [1.29, 1.82) is 0 Å². The van der Waals surface area contributed by atoms with E-state index in [0.29, 0.717) is 5.76 Å². The van der Waals surface area contributed by atoms with Crippen LogP contribution in [0.1, 0.15) is 6.92 Å². The Labute approximate surface area is 66.3 Å². The van der Waals surface area contributed by atoms with Crippen LogP contribution in [0.25, 0.3) is 0 Å². The molecule has 0 rings (SSSR count). The summed E-state index contributed by atoms with van der Waals surface area (Å²) in [6.07, 6.45) is 0. The summed E-state index contributed by atoms with van der Waals surface area (Å²) in [7, 11) is 0. The molecule has 0 aromatic carbocycles. The molecule has 0 aliphatic rings. The van der Waals surface area contributed by atoms with Crippen LogP contribution in [0.15, 0.2) is 12.3 Å². The molecule has 0 radical (unpaired) electrons. The van der Waals surface area contributed by atoms with Gasteiger partial charge in [-0.2, -0.15) is 0 Å². The molecule has 0 N–H and O–H groups in total. The molecule has 0 saturated heterocycles. The maximum absolute atomic E-state index is 9.21. The van der Waals surface area contributed by atoms with Gasteiger partial charge in [0.2, 0.25) is 0 Å². The Morgan fingerprint density at radius 3 is 2.29 bits per heavy atom. The first-order valence-corrected chi connectivity index (χ1v) is 1.47. The van der Waals surface area contributed by atoms with Crippen LogP contribution < -0.4 is 0 Å². The molecule has 0 spiro atoms. The van der Waals surface area contributed by atoms with E-state index in [0.717, 1.165) is 0 Å². The van der Waals surface area contributed by atoms with Crippen molar-refractivity contribution in [2.45, 2.75) is 6.92 Å². The second kappa shape index (κ2) is 6.26. The number of carbonyl (C=O) groups excluding carboxylic acids is 1. The van der Waals surface area contributed by atoms with Gasteiger partial charge in [-0.05, 0) is 0 Å². The van der Waals surface area contributed by atoms with Crippen molar-refractivity contribution in [3.05, 3.63) is 12.3 Å². The quantitative estimate of drug-likeness (QED) is 0.550. The smallest absolute Gasteiger partial charge is 0.169 e. The molecule has 0 fully saturated rings. The van der Waals surface area contributed by atoms with Crippen LogP contribution in [0.4, 0.5) is 0 Å². The van der Waals surface area contributed by atoms with Gasteiger partial charge in [0.25, 0.3) is 0 Å². The van der Waals surface area contributed by atoms with Gasteiger partial charge in [0.15, 0.2) is 6.47 Å². The first-order chi connectivity index (χ1) is 2.77. The van der Waals surface area contributed by atoms with Crippen LogP contribution >= 0.6 is 0 Å². The van der Waals surface area contributed by atoms with E-state index in [9.17, 15) is 4.79 Å². The Morgan fingerprint density at radius 1 is 1.86 bits per heavy atom. The Hall–Kier alpha value is 0.262.